The van der Waals surface area contributed by atoms with Gasteiger partial charge in [-0.25, -0.2) is 10.2 Å². The highest BCUT2D eigenvalue weighted by atomic mass is 35.5. The van der Waals surface area contributed by atoms with E-state index in [1.165, 1.54) is 6.21 Å². The molecule has 0 bridgehead atoms. The molecule has 7 nitrogen and oxygen atoms in total. The Morgan fingerprint density at radius 2 is 1.69 bits per heavy atom. The zero-order valence-corrected chi connectivity index (χ0v) is 18.0. The highest BCUT2D eigenvalue weighted by Gasteiger charge is 2.08. The number of esters is 1. The summed E-state index contributed by atoms with van der Waals surface area (Å²) in [6.07, 6.45) is 1.47. The number of hydrogen-bond acceptors (Lipinski definition) is 6. The number of carbonyl (C=O) groups is 2. The van der Waals surface area contributed by atoms with Crippen LogP contribution >= 0.6 is 11.6 Å². The van der Waals surface area contributed by atoms with Crippen LogP contribution in [-0.2, 0) is 9.59 Å². The molecule has 164 valence electrons. The van der Waals surface area contributed by atoms with Crippen molar-refractivity contribution in [3.63, 3.8) is 0 Å². The lowest BCUT2D eigenvalue weighted by atomic mass is 10.2. The Balaban J connectivity index is 1.41. The summed E-state index contributed by atoms with van der Waals surface area (Å²) < 4.78 is 16.1. The Labute approximate surface area is 190 Å². The number of para-hydroxylation sites is 1. The fourth-order valence-electron chi connectivity index (χ4n) is 2.57. The topological polar surface area (TPSA) is 86.2 Å². The van der Waals surface area contributed by atoms with E-state index < -0.39 is 5.97 Å². The van der Waals surface area contributed by atoms with E-state index >= 15 is 0 Å². The molecule has 0 saturated carbocycles. The van der Waals surface area contributed by atoms with Gasteiger partial charge in [0.05, 0.1) is 6.21 Å². The summed E-state index contributed by atoms with van der Waals surface area (Å²) in [5.74, 6) is 0.612. The summed E-state index contributed by atoms with van der Waals surface area (Å²) in [5, 5.41) is 4.48. The van der Waals surface area contributed by atoms with E-state index in [2.05, 4.69) is 10.5 Å². The van der Waals surface area contributed by atoms with Gasteiger partial charge >= 0.3 is 5.97 Å². The number of halogens is 1. The van der Waals surface area contributed by atoms with Crippen LogP contribution in [0.2, 0.25) is 5.02 Å². The number of hydrogen-bond donors (Lipinski definition) is 1. The second kappa shape index (κ2) is 11.5. The zero-order valence-electron chi connectivity index (χ0n) is 17.3. The number of aryl methyl sites for hydroxylation is 1. The maximum Gasteiger partial charge on any atom is 0.349 e. The second-order valence-corrected chi connectivity index (χ2v) is 7.07. The van der Waals surface area contributed by atoms with Crippen LogP contribution in [0.5, 0.6) is 17.2 Å². The first-order valence-electron chi connectivity index (χ1n) is 9.69. The average molecular weight is 453 g/mol. The van der Waals surface area contributed by atoms with E-state index in [0.29, 0.717) is 27.8 Å². The standard InChI is InChI=1S/C24H21ClN2O5/c1-17-13-19(25)9-12-22(17)31-16-24(29)32-21-10-7-18(8-11-21)14-26-27-23(28)15-30-20-5-3-2-4-6-20/h2-14H,15-16H2,1H3,(H,27,28)/b26-14-. The fraction of sp³-hybridized carbons (Fsp3) is 0.125. The SMILES string of the molecule is Cc1cc(Cl)ccc1OCC(=O)Oc1ccc(/C=N\NC(=O)COc2ccccc2)cc1. The van der Waals surface area contributed by atoms with Crippen LogP contribution in [0.1, 0.15) is 11.1 Å². The van der Waals surface area contributed by atoms with Gasteiger partial charge < -0.3 is 14.2 Å². The lowest BCUT2D eigenvalue weighted by Crippen LogP contribution is -2.24. The number of benzene rings is 3. The molecule has 0 aliphatic rings. The van der Waals surface area contributed by atoms with Gasteiger partial charge in [-0.1, -0.05) is 29.8 Å². The predicted octanol–water partition coefficient (Wildman–Crippen LogP) is 4.16. The first-order chi connectivity index (χ1) is 15.5. The molecule has 0 aliphatic carbocycles. The molecule has 0 saturated heterocycles. The number of carbonyl (C=O) groups excluding carboxylic acids is 2. The smallest absolute Gasteiger partial charge is 0.349 e. The monoisotopic (exact) mass is 452 g/mol. The average Bonchev–Trinajstić information content (AvgIpc) is 2.79. The number of hydrazone groups is 1. The van der Waals surface area contributed by atoms with E-state index in [9.17, 15) is 9.59 Å². The van der Waals surface area contributed by atoms with Crippen molar-refractivity contribution in [2.45, 2.75) is 6.92 Å². The Morgan fingerprint density at radius 3 is 2.41 bits per heavy atom. The number of rotatable bonds is 9. The normalized spacial score (nSPS) is 10.6. The van der Waals surface area contributed by atoms with Crippen LogP contribution in [0.25, 0.3) is 0 Å². The maximum absolute atomic E-state index is 12.0. The molecular formula is C24H21ClN2O5. The molecule has 3 aromatic carbocycles. The van der Waals surface area contributed by atoms with Gasteiger partial charge in [0.2, 0.25) is 0 Å². The number of amides is 1. The highest BCUT2D eigenvalue weighted by molar-refractivity contribution is 6.30. The highest BCUT2D eigenvalue weighted by Crippen LogP contribution is 2.22. The molecule has 0 atom stereocenters. The van der Waals surface area contributed by atoms with E-state index in [4.69, 9.17) is 25.8 Å². The summed E-state index contributed by atoms with van der Waals surface area (Å²) in [5.41, 5.74) is 3.92. The van der Waals surface area contributed by atoms with Crippen molar-refractivity contribution in [2.75, 3.05) is 13.2 Å². The number of ether oxygens (including phenoxy) is 3. The van der Waals surface area contributed by atoms with Gasteiger partial charge in [0.15, 0.2) is 13.2 Å². The fourth-order valence-corrected chi connectivity index (χ4v) is 2.80. The largest absolute Gasteiger partial charge is 0.484 e. The Hall–Kier alpha value is -3.84. The van der Waals surface area contributed by atoms with E-state index in [1.807, 2.05) is 25.1 Å². The summed E-state index contributed by atoms with van der Waals surface area (Å²) in [7, 11) is 0. The molecule has 32 heavy (non-hydrogen) atoms. The van der Waals surface area contributed by atoms with Gasteiger partial charge in [-0.05, 0) is 72.6 Å². The minimum absolute atomic E-state index is 0.145. The molecule has 0 aromatic heterocycles. The molecule has 0 fully saturated rings. The molecule has 0 radical (unpaired) electrons. The predicted molar refractivity (Wildman–Crippen MR) is 121 cm³/mol. The van der Waals surface area contributed by atoms with E-state index in [0.717, 1.165) is 5.56 Å². The first kappa shape index (κ1) is 22.8. The first-order valence-corrected chi connectivity index (χ1v) is 10.1. The zero-order chi connectivity index (χ0) is 22.8. The third-order valence-electron chi connectivity index (χ3n) is 4.11. The third kappa shape index (κ3) is 7.45. The Bertz CT molecular complexity index is 1090. The molecule has 1 amide bonds. The van der Waals surface area contributed by atoms with Crippen LogP contribution in [0.4, 0.5) is 0 Å². The van der Waals surface area contributed by atoms with Crippen molar-refractivity contribution in [2.24, 2.45) is 5.10 Å². The number of nitrogens with zero attached hydrogens (tertiary/aromatic N) is 1. The molecule has 0 aliphatic heterocycles. The van der Waals surface area contributed by atoms with Crippen LogP contribution in [0.15, 0.2) is 77.9 Å². The molecular weight excluding hydrogens is 432 g/mol. The summed E-state index contributed by atoms with van der Waals surface area (Å²) in [6, 6.07) is 20.8. The third-order valence-corrected chi connectivity index (χ3v) is 4.35. The Morgan fingerprint density at radius 1 is 0.938 bits per heavy atom. The molecule has 3 rings (SSSR count). The molecule has 0 spiro atoms. The van der Waals surface area contributed by atoms with Crippen LogP contribution in [-0.4, -0.2) is 31.3 Å². The Kier molecular flexibility index (Phi) is 8.22. The summed E-state index contributed by atoms with van der Waals surface area (Å²) >= 11 is 5.90. The molecule has 0 heterocycles. The van der Waals surface area contributed by atoms with Gasteiger partial charge in [-0.2, -0.15) is 5.10 Å². The minimum atomic E-state index is -0.536. The van der Waals surface area contributed by atoms with Crippen molar-refractivity contribution < 1.29 is 23.8 Å². The lowest BCUT2D eigenvalue weighted by molar-refractivity contribution is -0.136. The molecule has 8 heteroatoms. The van der Waals surface area contributed by atoms with Crippen LogP contribution in [0.3, 0.4) is 0 Å². The van der Waals surface area contributed by atoms with Gasteiger partial charge in [0, 0.05) is 5.02 Å². The molecule has 3 aromatic rings. The van der Waals surface area contributed by atoms with Crippen molar-refractivity contribution in [1.82, 2.24) is 5.43 Å². The lowest BCUT2D eigenvalue weighted by Gasteiger charge is -2.09. The van der Waals surface area contributed by atoms with Crippen LogP contribution < -0.4 is 19.6 Å². The van der Waals surface area contributed by atoms with Crippen molar-refractivity contribution in [3.05, 3.63) is 88.9 Å². The van der Waals surface area contributed by atoms with E-state index in [-0.39, 0.29) is 19.1 Å². The van der Waals surface area contributed by atoms with Gasteiger partial charge in [-0.15, -0.1) is 0 Å². The number of nitrogens with one attached hydrogen (secondary N) is 1. The molecule has 0 unspecified atom stereocenters. The minimum Gasteiger partial charge on any atom is -0.484 e. The van der Waals surface area contributed by atoms with Gasteiger partial charge in [0.25, 0.3) is 5.91 Å². The quantitative estimate of drug-likeness (QED) is 0.228. The van der Waals surface area contributed by atoms with Crippen molar-refractivity contribution in [1.29, 1.82) is 0 Å². The van der Waals surface area contributed by atoms with Crippen LogP contribution in [0, 0.1) is 6.92 Å². The summed E-state index contributed by atoms with van der Waals surface area (Å²) in [4.78, 5) is 23.8. The maximum atomic E-state index is 12.0. The molecule has 1 N–H and O–H groups in total. The second-order valence-electron chi connectivity index (χ2n) is 6.64. The van der Waals surface area contributed by atoms with Crippen molar-refractivity contribution in [3.8, 4) is 17.2 Å². The van der Waals surface area contributed by atoms with Crippen molar-refractivity contribution >= 4 is 29.7 Å². The van der Waals surface area contributed by atoms with Gasteiger partial charge in [-0.3, -0.25) is 4.79 Å². The van der Waals surface area contributed by atoms with E-state index in [1.54, 1.807) is 54.6 Å². The summed E-state index contributed by atoms with van der Waals surface area (Å²) in [6.45, 7) is 1.46. The van der Waals surface area contributed by atoms with Gasteiger partial charge in [0.1, 0.15) is 17.2 Å².